The molecule has 1 amide bonds. The first kappa shape index (κ1) is 23.8. The molecular weight excluding hydrogens is 455 g/mol. The van der Waals surface area contributed by atoms with Crippen molar-refractivity contribution in [2.75, 3.05) is 33.0 Å². The Morgan fingerprint density at radius 2 is 1.72 bits per heavy atom. The van der Waals surface area contributed by atoms with E-state index in [0.29, 0.717) is 28.1 Å². The summed E-state index contributed by atoms with van der Waals surface area (Å²) >= 11 is 13.6. The first-order chi connectivity index (χ1) is 13.7. The van der Waals surface area contributed by atoms with Crippen molar-refractivity contribution in [3.05, 3.63) is 58.1 Å². The zero-order valence-corrected chi connectivity index (χ0v) is 19.2. The number of sulfonamides is 1. The Balaban J connectivity index is 1.69. The van der Waals surface area contributed by atoms with Crippen LogP contribution in [-0.2, 0) is 20.6 Å². The Bertz CT molecular complexity index is 915. The molecule has 0 atom stereocenters. The van der Waals surface area contributed by atoms with Crippen LogP contribution in [0.5, 0.6) is 5.75 Å². The van der Waals surface area contributed by atoms with Crippen molar-refractivity contribution >= 4 is 50.9 Å². The van der Waals surface area contributed by atoms with Gasteiger partial charge >= 0.3 is 0 Å². The lowest BCUT2D eigenvalue weighted by Gasteiger charge is -2.12. The molecule has 2 aromatic rings. The van der Waals surface area contributed by atoms with Crippen molar-refractivity contribution < 1.29 is 17.9 Å². The van der Waals surface area contributed by atoms with Crippen LogP contribution in [0.15, 0.2) is 47.4 Å². The summed E-state index contributed by atoms with van der Waals surface area (Å²) in [6.45, 7) is 0.608. The monoisotopic (exact) mass is 476 g/mol. The van der Waals surface area contributed by atoms with Crippen LogP contribution in [0.25, 0.3) is 0 Å². The predicted octanol–water partition coefficient (Wildman–Crippen LogP) is 3.67. The Labute approximate surface area is 185 Å². The fourth-order valence-corrected chi connectivity index (χ4v) is 4.74. The summed E-state index contributed by atoms with van der Waals surface area (Å²) in [4.78, 5) is 12.1. The number of ether oxygens (including phenoxy) is 1. The molecule has 0 aliphatic carbocycles. The summed E-state index contributed by atoms with van der Waals surface area (Å²) < 4.78 is 30.7. The molecule has 0 aliphatic heterocycles. The lowest BCUT2D eigenvalue weighted by atomic mass is 10.2. The number of amides is 1. The molecule has 0 fully saturated rings. The largest absolute Gasteiger partial charge is 0.492 e. The number of benzene rings is 2. The Kier molecular flexibility index (Phi) is 9.10. The summed E-state index contributed by atoms with van der Waals surface area (Å²) in [5.41, 5.74) is 0.816. The highest BCUT2D eigenvalue weighted by atomic mass is 35.5. The van der Waals surface area contributed by atoms with Crippen molar-refractivity contribution in [3.63, 3.8) is 0 Å². The third-order valence-corrected chi connectivity index (χ3v) is 7.33. The predicted molar refractivity (Wildman–Crippen MR) is 118 cm³/mol. The standard InChI is InChI=1S/C19H22Cl2N2O4S2/c1-23(2)29(25,26)15-8-6-14(7-9-15)27-11-10-22-19(24)13-28-12-16-17(20)4-3-5-18(16)21/h3-9H,10-13H2,1-2H3,(H,22,24). The van der Waals surface area contributed by atoms with Gasteiger partial charge in [0.1, 0.15) is 12.4 Å². The molecule has 0 bridgehead atoms. The second-order valence-corrected chi connectivity index (χ2v) is 10.1. The summed E-state index contributed by atoms with van der Waals surface area (Å²) in [5, 5.41) is 3.94. The quantitative estimate of drug-likeness (QED) is 0.529. The van der Waals surface area contributed by atoms with Crippen molar-refractivity contribution in [2.24, 2.45) is 0 Å². The molecule has 158 valence electrons. The van der Waals surface area contributed by atoms with E-state index in [1.54, 1.807) is 30.3 Å². The van der Waals surface area contributed by atoms with Gasteiger partial charge in [0.05, 0.1) is 17.2 Å². The Hall–Kier alpha value is -1.45. The van der Waals surface area contributed by atoms with E-state index in [4.69, 9.17) is 27.9 Å². The van der Waals surface area contributed by atoms with Gasteiger partial charge in [0.25, 0.3) is 0 Å². The number of carbonyl (C=O) groups excluding carboxylic acids is 1. The molecule has 0 spiro atoms. The van der Waals surface area contributed by atoms with E-state index in [1.807, 2.05) is 0 Å². The number of thioether (sulfide) groups is 1. The number of hydrogen-bond acceptors (Lipinski definition) is 5. The zero-order chi connectivity index (χ0) is 21.4. The highest BCUT2D eigenvalue weighted by molar-refractivity contribution is 7.99. The van der Waals surface area contributed by atoms with Gasteiger partial charge < -0.3 is 10.1 Å². The summed E-state index contributed by atoms with van der Waals surface area (Å²) in [6.07, 6.45) is 0. The SMILES string of the molecule is CN(C)S(=O)(=O)c1ccc(OCCNC(=O)CSCc2c(Cl)cccc2Cl)cc1. The Morgan fingerprint density at radius 3 is 2.31 bits per heavy atom. The van der Waals surface area contributed by atoms with E-state index in [2.05, 4.69) is 5.32 Å². The minimum absolute atomic E-state index is 0.116. The van der Waals surface area contributed by atoms with Crippen molar-refractivity contribution in [2.45, 2.75) is 10.6 Å². The molecule has 2 rings (SSSR count). The number of halogens is 2. The average Bonchev–Trinajstić information content (AvgIpc) is 2.68. The molecule has 2 aromatic carbocycles. The molecule has 6 nitrogen and oxygen atoms in total. The minimum atomic E-state index is -3.46. The van der Waals surface area contributed by atoms with Gasteiger partial charge in [0.15, 0.2) is 0 Å². The van der Waals surface area contributed by atoms with Gasteiger partial charge in [-0.05, 0) is 42.0 Å². The van der Waals surface area contributed by atoms with Gasteiger partial charge in [-0.2, -0.15) is 0 Å². The van der Waals surface area contributed by atoms with E-state index in [1.165, 1.54) is 38.0 Å². The summed E-state index contributed by atoms with van der Waals surface area (Å²) in [7, 11) is -0.511. The molecule has 0 unspecified atom stereocenters. The van der Waals surface area contributed by atoms with Crippen molar-refractivity contribution in [1.82, 2.24) is 9.62 Å². The van der Waals surface area contributed by atoms with Crippen LogP contribution in [0.3, 0.4) is 0 Å². The molecule has 0 radical (unpaired) electrons. The van der Waals surface area contributed by atoms with Gasteiger partial charge in [0, 0.05) is 29.9 Å². The maximum atomic E-state index is 12.0. The van der Waals surface area contributed by atoms with Gasteiger partial charge in [-0.3, -0.25) is 4.79 Å². The lowest BCUT2D eigenvalue weighted by Crippen LogP contribution is -2.29. The Morgan fingerprint density at radius 1 is 1.10 bits per heavy atom. The number of rotatable bonds is 10. The molecule has 29 heavy (non-hydrogen) atoms. The summed E-state index contributed by atoms with van der Waals surface area (Å²) in [5.74, 6) is 1.23. The van der Waals surface area contributed by atoms with Gasteiger partial charge in [-0.1, -0.05) is 29.3 Å². The molecule has 0 saturated carbocycles. The molecule has 0 aliphatic rings. The number of carbonyl (C=O) groups is 1. The average molecular weight is 477 g/mol. The normalized spacial score (nSPS) is 11.5. The first-order valence-electron chi connectivity index (χ1n) is 8.64. The van der Waals surface area contributed by atoms with Gasteiger partial charge in [-0.15, -0.1) is 11.8 Å². The smallest absolute Gasteiger partial charge is 0.242 e. The molecule has 1 N–H and O–H groups in total. The minimum Gasteiger partial charge on any atom is -0.492 e. The van der Waals surface area contributed by atoms with E-state index in [9.17, 15) is 13.2 Å². The fourth-order valence-electron chi connectivity index (χ4n) is 2.25. The zero-order valence-electron chi connectivity index (χ0n) is 16.0. The maximum absolute atomic E-state index is 12.0. The molecule has 0 saturated heterocycles. The molecular formula is C19H22Cl2N2O4S2. The van der Waals surface area contributed by atoms with Crippen LogP contribution >= 0.6 is 35.0 Å². The van der Waals surface area contributed by atoms with E-state index in [-0.39, 0.29) is 23.2 Å². The van der Waals surface area contributed by atoms with Crippen LogP contribution in [0.1, 0.15) is 5.56 Å². The third kappa shape index (κ3) is 7.08. The second kappa shape index (κ2) is 11.1. The highest BCUT2D eigenvalue weighted by Gasteiger charge is 2.16. The van der Waals surface area contributed by atoms with Crippen LogP contribution in [-0.4, -0.2) is 51.6 Å². The van der Waals surface area contributed by atoms with Crippen LogP contribution in [0.4, 0.5) is 0 Å². The number of hydrogen-bond donors (Lipinski definition) is 1. The van der Waals surface area contributed by atoms with Crippen LogP contribution in [0, 0.1) is 0 Å². The van der Waals surface area contributed by atoms with Crippen molar-refractivity contribution in [1.29, 1.82) is 0 Å². The van der Waals surface area contributed by atoms with Crippen LogP contribution in [0.2, 0.25) is 10.0 Å². The maximum Gasteiger partial charge on any atom is 0.242 e. The first-order valence-corrected chi connectivity index (χ1v) is 12.0. The highest BCUT2D eigenvalue weighted by Crippen LogP contribution is 2.28. The second-order valence-electron chi connectivity index (χ2n) is 6.15. The molecule has 0 heterocycles. The third-order valence-electron chi connectivity index (χ3n) is 3.84. The van der Waals surface area contributed by atoms with Crippen LogP contribution < -0.4 is 10.1 Å². The lowest BCUT2D eigenvalue weighted by molar-refractivity contribution is -0.118. The fraction of sp³-hybridized carbons (Fsp3) is 0.316. The van der Waals surface area contributed by atoms with Gasteiger partial charge in [0.2, 0.25) is 15.9 Å². The number of nitrogens with one attached hydrogen (secondary N) is 1. The summed E-state index contributed by atoms with van der Waals surface area (Å²) in [6, 6.07) is 11.5. The van der Waals surface area contributed by atoms with E-state index < -0.39 is 10.0 Å². The molecule has 10 heteroatoms. The van der Waals surface area contributed by atoms with E-state index in [0.717, 1.165) is 9.87 Å². The van der Waals surface area contributed by atoms with E-state index >= 15 is 0 Å². The topological polar surface area (TPSA) is 75.7 Å². The van der Waals surface area contributed by atoms with Crippen molar-refractivity contribution in [3.8, 4) is 5.75 Å². The van der Waals surface area contributed by atoms with Gasteiger partial charge in [-0.25, -0.2) is 12.7 Å². The number of nitrogens with zero attached hydrogens (tertiary/aromatic N) is 1. The molecule has 0 aromatic heterocycles.